The molecule has 4 rings (SSSR count). The van der Waals surface area contributed by atoms with Crippen molar-refractivity contribution in [1.82, 2.24) is 10.6 Å². The number of carbonyl (C=O) groups excluding carboxylic acids is 2. The molecule has 2 aliphatic rings. The van der Waals surface area contributed by atoms with Crippen molar-refractivity contribution in [3.05, 3.63) is 59.7 Å². The first-order valence-electron chi connectivity index (χ1n) is 11.5. The van der Waals surface area contributed by atoms with Gasteiger partial charge in [-0.2, -0.15) is 0 Å². The molecule has 3 N–H and O–H groups in total. The van der Waals surface area contributed by atoms with E-state index in [0.29, 0.717) is 19.3 Å². The van der Waals surface area contributed by atoms with Gasteiger partial charge in [0.2, 0.25) is 5.91 Å². The molecule has 2 aromatic carbocycles. The molecule has 0 aromatic heterocycles. The average molecular weight is 451 g/mol. The molecule has 7 heteroatoms. The first-order chi connectivity index (χ1) is 15.9. The number of alkyl carbamates (subject to hydrolysis) is 1. The molecule has 7 nitrogen and oxygen atoms in total. The van der Waals surface area contributed by atoms with Crippen LogP contribution in [-0.2, 0) is 14.3 Å². The minimum atomic E-state index is -0.917. The van der Waals surface area contributed by atoms with Crippen LogP contribution in [0.15, 0.2) is 48.5 Å². The third-order valence-electron chi connectivity index (χ3n) is 6.89. The molecule has 2 amide bonds. The molecule has 0 saturated heterocycles. The molecule has 33 heavy (non-hydrogen) atoms. The molecule has 1 unspecified atom stereocenters. The maximum atomic E-state index is 12.7. The Morgan fingerprint density at radius 3 is 2.18 bits per heavy atom. The molecule has 0 radical (unpaired) electrons. The van der Waals surface area contributed by atoms with Crippen LogP contribution in [0.4, 0.5) is 4.79 Å². The van der Waals surface area contributed by atoms with E-state index in [-0.39, 0.29) is 31.4 Å². The number of aliphatic carboxylic acids is 1. The second kappa shape index (κ2) is 9.65. The summed E-state index contributed by atoms with van der Waals surface area (Å²) in [7, 11) is 0. The lowest BCUT2D eigenvalue weighted by Gasteiger charge is -2.42. The minimum absolute atomic E-state index is 0.0251. The fourth-order valence-electron chi connectivity index (χ4n) is 4.88. The average Bonchev–Trinajstić information content (AvgIpc) is 3.10. The van der Waals surface area contributed by atoms with Gasteiger partial charge in [0, 0.05) is 12.5 Å². The zero-order chi connectivity index (χ0) is 23.4. The van der Waals surface area contributed by atoms with E-state index < -0.39 is 23.5 Å². The summed E-state index contributed by atoms with van der Waals surface area (Å²) in [5.41, 5.74) is 3.95. The van der Waals surface area contributed by atoms with Crippen LogP contribution >= 0.6 is 0 Å². The molecule has 0 spiro atoms. The van der Waals surface area contributed by atoms with Gasteiger partial charge in [-0.25, -0.2) is 4.79 Å². The van der Waals surface area contributed by atoms with Gasteiger partial charge in [-0.1, -0.05) is 55.5 Å². The van der Waals surface area contributed by atoms with E-state index in [0.717, 1.165) is 28.7 Å². The summed E-state index contributed by atoms with van der Waals surface area (Å²) < 4.78 is 5.54. The Bertz CT molecular complexity index is 1000. The third kappa shape index (κ3) is 4.87. The highest BCUT2D eigenvalue weighted by atomic mass is 16.5. The van der Waals surface area contributed by atoms with Crippen LogP contribution in [0.25, 0.3) is 11.1 Å². The number of fused-ring (bicyclic) bond motifs is 3. The summed E-state index contributed by atoms with van der Waals surface area (Å²) in [4.78, 5) is 36.3. The number of benzene rings is 2. The van der Waals surface area contributed by atoms with Crippen molar-refractivity contribution in [3.63, 3.8) is 0 Å². The Morgan fingerprint density at radius 2 is 1.67 bits per heavy atom. The Morgan fingerprint density at radius 1 is 1.06 bits per heavy atom. The number of rotatable bonds is 9. The number of hydrogen-bond acceptors (Lipinski definition) is 4. The van der Waals surface area contributed by atoms with E-state index in [1.54, 1.807) is 0 Å². The fraction of sp³-hybridized carbons (Fsp3) is 0.423. The monoisotopic (exact) mass is 450 g/mol. The summed E-state index contributed by atoms with van der Waals surface area (Å²) in [6.07, 6.45) is 2.13. The standard InChI is InChI=1S/C26H30N2O5/c1-2-17(24(31)28-26(12-7-13-26)14-23(29)30)15-27-25(32)33-16-22-20-10-5-3-8-18(20)19-9-4-6-11-21(19)22/h3-6,8-11,17,22H,2,7,12-16H2,1H3,(H,27,32)(H,28,31)(H,29,30). The van der Waals surface area contributed by atoms with Crippen molar-refractivity contribution >= 4 is 18.0 Å². The van der Waals surface area contributed by atoms with Gasteiger partial charge < -0.3 is 20.5 Å². The first kappa shape index (κ1) is 22.8. The van der Waals surface area contributed by atoms with Crippen LogP contribution in [0, 0.1) is 5.92 Å². The van der Waals surface area contributed by atoms with Gasteiger partial charge in [0.05, 0.1) is 17.9 Å². The lowest BCUT2D eigenvalue weighted by molar-refractivity contribution is -0.140. The Balaban J connectivity index is 1.31. The van der Waals surface area contributed by atoms with Crippen LogP contribution in [0.1, 0.15) is 56.1 Å². The minimum Gasteiger partial charge on any atom is -0.481 e. The van der Waals surface area contributed by atoms with Crippen molar-refractivity contribution in [1.29, 1.82) is 0 Å². The molecule has 1 saturated carbocycles. The summed E-state index contributed by atoms with van der Waals surface area (Å²) in [5, 5.41) is 14.8. The maximum Gasteiger partial charge on any atom is 0.407 e. The van der Waals surface area contributed by atoms with Crippen molar-refractivity contribution < 1.29 is 24.2 Å². The highest BCUT2D eigenvalue weighted by molar-refractivity contribution is 5.82. The molecule has 0 aliphatic heterocycles. The summed E-state index contributed by atoms with van der Waals surface area (Å²) in [5.74, 6) is -1.61. The van der Waals surface area contributed by atoms with E-state index in [1.807, 2.05) is 31.2 Å². The van der Waals surface area contributed by atoms with E-state index in [4.69, 9.17) is 9.84 Å². The van der Waals surface area contributed by atoms with Crippen LogP contribution in [-0.4, -0.2) is 41.8 Å². The second-order valence-electron chi connectivity index (χ2n) is 9.01. The smallest absolute Gasteiger partial charge is 0.407 e. The second-order valence-corrected chi connectivity index (χ2v) is 9.01. The number of carboxylic acid groups (broad SMARTS) is 1. The molecular weight excluding hydrogens is 420 g/mol. The van der Waals surface area contributed by atoms with Gasteiger partial charge in [0.25, 0.3) is 0 Å². The van der Waals surface area contributed by atoms with Crippen molar-refractivity contribution in [2.24, 2.45) is 5.92 Å². The van der Waals surface area contributed by atoms with Crippen LogP contribution < -0.4 is 10.6 Å². The number of hydrogen-bond donors (Lipinski definition) is 3. The number of nitrogens with one attached hydrogen (secondary N) is 2. The predicted octanol–water partition coefficient (Wildman–Crippen LogP) is 4.06. The van der Waals surface area contributed by atoms with Gasteiger partial charge in [-0.3, -0.25) is 9.59 Å². The van der Waals surface area contributed by atoms with E-state index in [1.165, 1.54) is 0 Å². The lowest BCUT2D eigenvalue weighted by atomic mass is 9.74. The van der Waals surface area contributed by atoms with Gasteiger partial charge in [-0.15, -0.1) is 0 Å². The number of carbonyl (C=O) groups is 3. The molecule has 1 atom stereocenters. The number of amides is 2. The van der Waals surface area contributed by atoms with Crippen LogP contribution in [0.3, 0.4) is 0 Å². The van der Waals surface area contributed by atoms with Crippen molar-refractivity contribution in [2.75, 3.05) is 13.2 Å². The van der Waals surface area contributed by atoms with Crippen molar-refractivity contribution in [2.45, 2.75) is 50.5 Å². The SMILES string of the molecule is CCC(CNC(=O)OCC1c2ccccc2-c2ccccc21)C(=O)NC1(CC(=O)O)CCC1. The molecule has 2 aromatic rings. The molecule has 2 aliphatic carbocycles. The van der Waals surface area contributed by atoms with Crippen LogP contribution in [0.2, 0.25) is 0 Å². The quantitative estimate of drug-likeness (QED) is 0.534. The van der Waals surface area contributed by atoms with E-state index in [2.05, 4.69) is 34.9 Å². The van der Waals surface area contributed by atoms with Gasteiger partial charge in [0.15, 0.2) is 0 Å². The largest absolute Gasteiger partial charge is 0.481 e. The topological polar surface area (TPSA) is 105 Å². The normalized spacial score (nSPS) is 16.6. The summed E-state index contributed by atoms with van der Waals surface area (Å²) >= 11 is 0. The van der Waals surface area contributed by atoms with Gasteiger partial charge in [0.1, 0.15) is 6.61 Å². The first-order valence-corrected chi connectivity index (χ1v) is 11.5. The maximum absolute atomic E-state index is 12.7. The highest BCUT2D eigenvalue weighted by Gasteiger charge is 2.41. The Labute approximate surface area is 193 Å². The molecule has 0 bridgehead atoms. The molecule has 0 heterocycles. The zero-order valence-corrected chi connectivity index (χ0v) is 18.8. The Hall–Kier alpha value is -3.35. The zero-order valence-electron chi connectivity index (χ0n) is 18.8. The fourth-order valence-corrected chi connectivity index (χ4v) is 4.88. The Kier molecular flexibility index (Phi) is 6.67. The number of carboxylic acids is 1. The summed E-state index contributed by atoms with van der Waals surface area (Å²) in [6.45, 7) is 2.22. The van der Waals surface area contributed by atoms with E-state index >= 15 is 0 Å². The van der Waals surface area contributed by atoms with E-state index in [9.17, 15) is 14.4 Å². The van der Waals surface area contributed by atoms with Crippen molar-refractivity contribution in [3.8, 4) is 11.1 Å². The molecular formula is C26H30N2O5. The number of ether oxygens (including phenoxy) is 1. The van der Waals surface area contributed by atoms with Gasteiger partial charge >= 0.3 is 12.1 Å². The third-order valence-corrected chi connectivity index (χ3v) is 6.89. The van der Waals surface area contributed by atoms with Crippen LogP contribution in [0.5, 0.6) is 0 Å². The molecule has 1 fully saturated rings. The highest BCUT2D eigenvalue weighted by Crippen LogP contribution is 2.44. The predicted molar refractivity (Wildman–Crippen MR) is 124 cm³/mol. The molecule has 174 valence electrons. The lowest BCUT2D eigenvalue weighted by Crippen LogP contribution is -2.56. The summed E-state index contributed by atoms with van der Waals surface area (Å²) in [6, 6.07) is 16.3. The van der Waals surface area contributed by atoms with Gasteiger partial charge in [-0.05, 0) is 47.9 Å².